The third-order valence-corrected chi connectivity index (χ3v) is 4.85. The standard InChI is InChI=1S/C17H20O3/c1-11-9-14-13(12-7-5-4-6-8-12)10-15(11)17(19-2,20-3)16(14)18/h4-9,13-15H,10H2,1-3H3/t13-,14-,15+/m1/s1. The fraction of sp³-hybridized carbons (Fsp3) is 0.471. The van der Waals surface area contributed by atoms with Gasteiger partial charge in [-0.15, -0.1) is 0 Å². The van der Waals surface area contributed by atoms with E-state index in [0.717, 1.165) is 6.42 Å². The van der Waals surface area contributed by atoms with E-state index in [2.05, 4.69) is 25.1 Å². The highest BCUT2D eigenvalue weighted by Crippen LogP contribution is 2.52. The largest absolute Gasteiger partial charge is 0.347 e. The van der Waals surface area contributed by atoms with Gasteiger partial charge in [-0.3, -0.25) is 4.79 Å². The van der Waals surface area contributed by atoms with Crippen molar-refractivity contribution in [3.63, 3.8) is 0 Å². The summed E-state index contributed by atoms with van der Waals surface area (Å²) in [6.07, 6.45) is 2.99. The van der Waals surface area contributed by atoms with Crippen molar-refractivity contribution in [3.05, 3.63) is 47.5 Å². The van der Waals surface area contributed by atoms with Gasteiger partial charge in [-0.05, 0) is 24.8 Å². The molecule has 0 radical (unpaired) electrons. The van der Waals surface area contributed by atoms with Crippen LogP contribution < -0.4 is 0 Å². The molecule has 0 aromatic heterocycles. The van der Waals surface area contributed by atoms with E-state index in [1.165, 1.54) is 11.1 Å². The molecule has 0 spiro atoms. The van der Waals surface area contributed by atoms with E-state index in [9.17, 15) is 4.79 Å². The summed E-state index contributed by atoms with van der Waals surface area (Å²) in [6.45, 7) is 2.07. The van der Waals surface area contributed by atoms with E-state index in [0.29, 0.717) is 0 Å². The third kappa shape index (κ3) is 1.70. The van der Waals surface area contributed by atoms with Crippen molar-refractivity contribution < 1.29 is 14.3 Å². The second-order valence-corrected chi connectivity index (χ2v) is 5.68. The Balaban J connectivity index is 2.03. The van der Waals surface area contributed by atoms with E-state index < -0.39 is 5.79 Å². The fourth-order valence-corrected chi connectivity index (χ4v) is 3.83. The Labute approximate surface area is 119 Å². The fourth-order valence-electron chi connectivity index (χ4n) is 3.83. The van der Waals surface area contributed by atoms with Crippen molar-refractivity contribution in [3.8, 4) is 0 Å². The van der Waals surface area contributed by atoms with Gasteiger partial charge in [-0.25, -0.2) is 0 Å². The predicted octanol–water partition coefficient (Wildman–Crippen LogP) is 2.92. The average molecular weight is 272 g/mol. The van der Waals surface area contributed by atoms with Crippen molar-refractivity contribution >= 4 is 5.78 Å². The zero-order valence-corrected chi connectivity index (χ0v) is 12.1. The first-order valence-electron chi connectivity index (χ1n) is 7.02. The smallest absolute Gasteiger partial charge is 0.235 e. The van der Waals surface area contributed by atoms with E-state index in [-0.39, 0.29) is 23.5 Å². The highest BCUT2D eigenvalue weighted by atomic mass is 16.7. The number of rotatable bonds is 3. The van der Waals surface area contributed by atoms with Crippen molar-refractivity contribution in [1.82, 2.24) is 0 Å². The zero-order valence-electron chi connectivity index (χ0n) is 12.1. The second kappa shape index (κ2) is 4.83. The molecule has 0 heterocycles. The van der Waals surface area contributed by atoms with Crippen LogP contribution in [0.5, 0.6) is 0 Å². The van der Waals surface area contributed by atoms with Gasteiger partial charge in [-0.1, -0.05) is 42.0 Å². The molecule has 0 unspecified atom stereocenters. The Morgan fingerprint density at radius 2 is 1.80 bits per heavy atom. The average Bonchev–Trinajstić information content (AvgIpc) is 2.50. The van der Waals surface area contributed by atoms with Crippen LogP contribution in [0.4, 0.5) is 0 Å². The molecule has 1 aromatic rings. The van der Waals surface area contributed by atoms with Crippen LogP contribution in [0.1, 0.15) is 24.8 Å². The summed E-state index contributed by atoms with van der Waals surface area (Å²) in [4.78, 5) is 12.8. The minimum Gasteiger partial charge on any atom is -0.347 e. The number of methoxy groups -OCH3 is 2. The van der Waals surface area contributed by atoms with E-state index in [1.807, 2.05) is 18.2 Å². The molecule has 3 nitrogen and oxygen atoms in total. The summed E-state index contributed by atoms with van der Waals surface area (Å²) in [5.74, 6) is -0.953. The number of ether oxygens (including phenoxy) is 2. The first kappa shape index (κ1) is 13.5. The number of fused-ring (bicyclic) bond motifs is 2. The summed E-state index contributed by atoms with van der Waals surface area (Å²) in [7, 11) is 3.12. The number of carbonyl (C=O) groups excluding carboxylic acids is 1. The van der Waals surface area contributed by atoms with Gasteiger partial charge < -0.3 is 9.47 Å². The summed E-state index contributed by atoms with van der Waals surface area (Å²) >= 11 is 0. The number of allylic oxidation sites excluding steroid dienone is 1. The lowest BCUT2D eigenvalue weighted by atomic mass is 9.60. The SMILES string of the molecule is COC1(OC)C(=O)[C@@H]2C=C(C)[C@@H]1C[C@@H]2c1ccccc1. The Hall–Kier alpha value is -1.45. The van der Waals surface area contributed by atoms with Gasteiger partial charge in [0.2, 0.25) is 5.79 Å². The number of benzene rings is 1. The van der Waals surface area contributed by atoms with Crippen molar-refractivity contribution in [2.45, 2.75) is 25.0 Å². The van der Waals surface area contributed by atoms with Gasteiger partial charge in [0.15, 0.2) is 5.78 Å². The van der Waals surface area contributed by atoms with Gasteiger partial charge in [0.1, 0.15) is 0 Å². The molecule has 1 saturated carbocycles. The minimum atomic E-state index is -1.09. The third-order valence-electron chi connectivity index (χ3n) is 4.85. The van der Waals surface area contributed by atoms with Crippen LogP contribution in [0.25, 0.3) is 0 Å². The van der Waals surface area contributed by atoms with Crippen molar-refractivity contribution in [2.24, 2.45) is 11.8 Å². The lowest BCUT2D eigenvalue weighted by Gasteiger charge is -2.50. The van der Waals surface area contributed by atoms with Crippen LogP contribution in [0.2, 0.25) is 0 Å². The molecule has 0 amide bonds. The molecule has 0 aliphatic heterocycles. The minimum absolute atomic E-state index is 0.000191. The monoisotopic (exact) mass is 272 g/mol. The molecule has 20 heavy (non-hydrogen) atoms. The van der Waals surface area contributed by atoms with Gasteiger partial charge in [0, 0.05) is 26.1 Å². The van der Waals surface area contributed by atoms with Crippen LogP contribution in [-0.4, -0.2) is 25.8 Å². The molecule has 0 saturated heterocycles. The molecular weight excluding hydrogens is 252 g/mol. The lowest BCUT2D eigenvalue weighted by Crippen LogP contribution is -2.59. The highest BCUT2D eigenvalue weighted by Gasteiger charge is 2.58. The quantitative estimate of drug-likeness (QED) is 0.627. The first-order valence-corrected chi connectivity index (χ1v) is 7.02. The van der Waals surface area contributed by atoms with Gasteiger partial charge in [0.05, 0.1) is 0 Å². The van der Waals surface area contributed by atoms with Gasteiger partial charge in [0.25, 0.3) is 0 Å². The first-order chi connectivity index (χ1) is 9.64. The Morgan fingerprint density at radius 3 is 2.40 bits per heavy atom. The number of Topliss-reactive ketones (excluding diaryl/α,β-unsaturated/α-hetero) is 1. The molecule has 3 aliphatic rings. The summed E-state index contributed by atoms with van der Waals surface area (Å²) in [5, 5.41) is 0. The van der Waals surface area contributed by atoms with Gasteiger partial charge >= 0.3 is 0 Å². The molecule has 3 atom stereocenters. The Bertz CT molecular complexity index is 543. The van der Waals surface area contributed by atoms with Crippen LogP contribution in [-0.2, 0) is 14.3 Å². The zero-order chi connectivity index (χ0) is 14.3. The molecule has 0 N–H and O–H groups in total. The van der Waals surface area contributed by atoms with Crippen molar-refractivity contribution in [1.29, 1.82) is 0 Å². The molecule has 4 rings (SSSR count). The number of ketones is 1. The molecule has 3 heteroatoms. The van der Waals surface area contributed by atoms with E-state index in [1.54, 1.807) is 14.2 Å². The highest BCUT2D eigenvalue weighted by molar-refractivity contribution is 5.93. The molecule has 1 aromatic carbocycles. The molecule has 1 fully saturated rings. The number of hydrogen-bond acceptors (Lipinski definition) is 3. The number of hydrogen-bond donors (Lipinski definition) is 0. The normalized spacial score (nSPS) is 31.2. The molecule has 2 bridgehead atoms. The van der Waals surface area contributed by atoms with Crippen LogP contribution in [0.3, 0.4) is 0 Å². The second-order valence-electron chi connectivity index (χ2n) is 5.68. The van der Waals surface area contributed by atoms with Gasteiger partial charge in [-0.2, -0.15) is 0 Å². The summed E-state index contributed by atoms with van der Waals surface area (Å²) in [6, 6.07) is 10.3. The molecule has 3 aliphatic carbocycles. The topological polar surface area (TPSA) is 35.5 Å². The summed E-state index contributed by atoms with van der Waals surface area (Å²) < 4.78 is 11.0. The van der Waals surface area contributed by atoms with Crippen LogP contribution in [0.15, 0.2) is 42.0 Å². The van der Waals surface area contributed by atoms with E-state index >= 15 is 0 Å². The van der Waals surface area contributed by atoms with Crippen molar-refractivity contribution in [2.75, 3.05) is 14.2 Å². The molecular formula is C17H20O3. The molecule has 106 valence electrons. The summed E-state index contributed by atoms with van der Waals surface area (Å²) in [5.41, 5.74) is 2.42. The lowest BCUT2D eigenvalue weighted by molar-refractivity contribution is -0.239. The Kier molecular flexibility index (Phi) is 3.27. The maximum Gasteiger partial charge on any atom is 0.235 e. The van der Waals surface area contributed by atoms with E-state index in [4.69, 9.17) is 9.47 Å². The maximum atomic E-state index is 12.8. The Morgan fingerprint density at radius 1 is 1.15 bits per heavy atom. The predicted molar refractivity (Wildman–Crippen MR) is 76.3 cm³/mol. The number of carbonyl (C=O) groups is 1. The van der Waals surface area contributed by atoms with Crippen LogP contribution >= 0.6 is 0 Å². The van der Waals surface area contributed by atoms with Crippen LogP contribution in [0, 0.1) is 11.8 Å². The maximum absolute atomic E-state index is 12.8.